The second kappa shape index (κ2) is 7.93. The Morgan fingerprint density at radius 2 is 1.70 bits per heavy atom. The molecule has 1 aromatic carbocycles. The minimum atomic E-state index is -4.42. The average Bonchev–Trinajstić information content (AvgIpc) is 2.74. The van der Waals surface area contributed by atoms with Gasteiger partial charge < -0.3 is 14.0 Å². The Labute approximate surface area is 157 Å². The minimum Gasteiger partial charge on any atom is -0.398 e. The Hall–Kier alpha value is -1.38. The van der Waals surface area contributed by atoms with Crippen LogP contribution in [0, 0.1) is 6.92 Å². The average molecular weight is 388 g/mol. The van der Waals surface area contributed by atoms with Crippen molar-refractivity contribution in [1.82, 2.24) is 0 Å². The molecule has 0 unspecified atom stereocenters. The van der Waals surface area contributed by atoms with Crippen LogP contribution in [0.4, 0.5) is 17.6 Å². The van der Waals surface area contributed by atoms with Gasteiger partial charge in [-0.2, -0.15) is 13.2 Å². The fourth-order valence-electron chi connectivity index (χ4n) is 2.69. The van der Waals surface area contributed by atoms with Crippen molar-refractivity contribution in [3.05, 3.63) is 41.1 Å². The molecule has 8 heteroatoms. The molecule has 3 nitrogen and oxygen atoms in total. The number of aryl methyl sites for hydroxylation is 1. The van der Waals surface area contributed by atoms with E-state index in [0.29, 0.717) is 5.56 Å². The molecule has 0 saturated carbocycles. The lowest BCUT2D eigenvalue weighted by molar-refractivity contribution is -0.173. The van der Waals surface area contributed by atoms with Gasteiger partial charge in [-0.05, 0) is 52.2 Å². The number of alkyl halides is 3. The zero-order valence-corrected chi connectivity index (χ0v) is 16.2. The molecule has 1 aromatic rings. The third-order valence-electron chi connectivity index (χ3n) is 4.88. The van der Waals surface area contributed by atoms with Crippen molar-refractivity contribution in [3.63, 3.8) is 0 Å². The highest BCUT2D eigenvalue weighted by molar-refractivity contribution is 6.55. The Morgan fingerprint density at radius 3 is 2.22 bits per heavy atom. The summed E-state index contributed by atoms with van der Waals surface area (Å²) in [4.78, 5) is 0. The van der Waals surface area contributed by atoms with Gasteiger partial charge in [0, 0.05) is 0 Å². The number of halogens is 4. The number of benzene rings is 1. The van der Waals surface area contributed by atoms with Crippen LogP contribution < -0.4 is 0 Å². The Kier molecular flexibility index (Phi) is 6.44. The zero-order chi connectivity index (χ0) is 20.5. The molecular formula is C19H25BF4O3. The molecule has 0 atom stereocenters. The number of hydrogen-bond acceptors (Lipinski definition) is 3. The van der Waals surface area contributed by atoms with E-state index >= 15 is 4.39 Å². The molecule has 27 heavy (non-hydrogen) atoms. The summed E-state index contributed by atoms with van der Waals surface area (Å²) in [6.07, 6.45) is -4.45. The van der Waals surface area contributed by atoms with Crippen LogP contribution in [-0.2, 0) is 14.0 Å². The molecule has 2 rings (SSSR count). The highest BCUT2D eigenvalue weighted by Gasteiger charge is 2.53. The predicted octanol–water partition coefficient (Wildman–Crippen LogP) is 5.28. The van der Waals surface area contributed by atoms with Gasteiger partial charge in [-0.15, -0.1) is 0 Å². The molecule has 0 aromatic heterocycles. The van der Waals surface area contributed by atoms with E-state index in [2.05, 4.69) is 4.74 Å². The third kappa shape index (κ3) is 5.56. The lowest BCUT2D eigenvalue weighted by Crippen LogP contribution is -2.41. The first-order valence-corrected chi connectivity index (χ1v) is 8.78. The fourth-order valence-corrected chi connectivity index (χ4v) is 2.69. The Bertz CT molecular complexity index is 682. The normalized spacial score (nSPS) is 20.0. The maximum atomic E-state index is 15.3. The van der Waals surface area contributed by atoms with Crippen LogP contribution in [0.2, 0.25) is 0 Å². The molecule has 0 amide bonds. The van der Waals surface area contributed by atoms with Crippen LogP contribution in [0.15, 0.2) is 30.0 Å². The smallest absolute Gasteiger partial charge is 0.398 e. The summed E-state index contributed by atoms with van der Waals surface area (Å²) in [7, 11) is -1.21. The monoisotopic (exact) mass is 388 g/mol. The number of rotatable bonds is 6. The van der Waals surface area contributed by atoms with Gasteiger partial charge in [0.15, 0.2) is 0 Å². The maximum absolute atomic E-state index is 15.3. The van der Waals surface area contributed by atoms with Gasteiger partial charge in [0.1, 0.15) is 12.3 Å². The first kappa shape index (κ1) is 21.9. The summed E-state index contributed by atoms with van der Waals surface area (Å²) in [5, 5.41) is 0. The molecule has 150 valence electrons. The predicted molar refractivity (Wildman–Crippen MR) is 96.8 cm³/mol. The van der Waals surface area contributed by atoms with Crippen LogP contribution in [0.5, 0.6) is 0 Å². The van der Waals surface area contributed by atoms with Gasteiger partial charge in [0.2, 0.25) is 0 Å². The van der Waals surface area contributed by atoms with Gasteiger partial charge in [-0.3, -0.25) is 0 Å². The lowest BCUT2D eigenvalue weighted by Gasteiger charge is -2.32. The highest BCUT2D eigenvalue weighted by Crippen LogP contribution is 2.40. The first-order valence-electron chi connectivity index (χ1n) is 8.78. The van der Waals surface area contributed by atoms with Gasteiger partial charge in [0.05, 0.1) is 17.8 Å². The maximum Gasteiger partial charge on any atom is 0.525 e. The molecular weight excluding hydrogens is 363 g/mol. The standard InChI is InChI=1S/C19H25BF4O3/c1-13-7-6-8-14(11-13)15(9-10-25-12-19(22,23)24)16(21)20-26-17(2,3)18(4,5)27-20/h6-8,11H,9-10,12H2,1-5H3. The van der Waals surface area contributed by atoms with Crippen LogP contribution in [0.3, 0.4) is 0 Å². The number of hydrogen-bond donors (Lipinski definition) is 0. The van der Waals surface area contributed by atoms with E-state index in [1.807, 2.05) is 13.0 Å². The topological polar surface area (TPSA) is 27.7 Å². The van der Waals surface area contributed by atoms with E-state index in [1.165, 1.54) is 0 Å². The minimum absolute atomic E-state index is 0.0323. The van der Waals surface area contributed by atoms with Crippen LogP contribution in [0.1, 0.15) is 45.2 Å². The summed E-state index contributed by atoms with van der Waals surface area (Å²) in [6.45, 7) is 7.44. The quantitative estimate of drug-likeness (QED) is 0.377. The van der Waals surface area contributed by atoms with E-state index in [0.717, 1.165) is 5.56 Å². The molecule has 1 fully saturated rings. The first-order chi connectivity index (χ1) is 12.3. The van der Waals surface area contributed by atoms with E-state index in [4.69, 9.17) is 9.31 Å². The second-order valence-corrected chi connectivity index (χ2v) is 7.70. The summed E-state index contributed by atoms with van der Waals surface area (Å²) in [5.74, 6) is 0. The van der Waals surface area contributed by atoms with Crippen molar-refractivity contribution in [2.45, 2.75) is 58.4 Å². The van der Waals surface area contributed by atoms with E-state index in [9.17, 15) is 13.2 Å². The molecule has 1 heterocycles. The Balaban J connectivity index is 2.27. The van der Waals surface area contributed by atoms with E-state index in [1.54, 1.807) is 45.9 Å². The lowest BCUT2D eigenvalue weighted by atomic mass is 9.81. The van der Waals surface area contributed by atoms with Crippen LogP contribution in [0.25, 0.3) is 5.57 Å². The van der Waals surface area contributed by atoms with Gasteiger partial charge >= 0.3 is 13.3 Å². The van der Waals surface area contributed by atoms with Crippen molar-refractivity contribution in [1.29, 1.82) is 0 Å². The summed E-state index contributed by atoms with van der Waals surface area (Å²) in [6, 6.07) is 7.09. The Morgan fingerprint density at radius 1 is 1.11 bits per heavy atom. The molecule has 1 aliphatic rings. The molecule has 0 spiro atoms. The molecule has 0 N–H and O–H groups in total. The van der Waals surface area contributed by atoms with Gasteiger partial charge in [0.25, 0.3) is 0 Å². The summed E-state index contributed by atoms with van der Waals surface area (Å²) < 4.78 is 68.3. The van der Waals surface area contributed by atoms with Crippen molar-refractivity contribution < 1.29 is 31.6 Å². The zero-order valence-electron chi connectivity index (χ0n) is 16.2. The van der Waals surface area contributed by atoms with Crippen molar-refractivity contribution in [2.24, 2.45) is 0 Å². The summed E-state index contributed by atoms with van der Waals surface area (Å²) in [5.41, 5.74) is -0.395. The largest absolute Gasteiger partial charge is 0.525 e. The van der Waals surface area contributed by atoms with Crippen molar-refractivity contribution in [2.75, 3.05) is 13.2 Å². The molecule has 0 bridgehead atoms. The fraction of sp³-hybridized carbons (Fsp3) is 0.579. The van der Waals surface area contributed by atoms with Gasteiger partial charge in [-0.1, -0.05) is 29.8 Å². The molecule has 0 radical (unpaired) electrons. The second-order valence-electron chi connectivity index (χ2n) is 7.70. The molecule has 1 aliphatic heterocycles. The van der Waals surface area contributed by atoms with Crippen molar-refractivity contribution in [3.8, 4) is 0 Å². The van der Waals surface area contributed by atoms with Crippen LogP contribution >= 0.6 is 0 Å². The van der Waals surface area contributed by atoms with E-state index in [-0.39, 0.29) is 18.6 Å². The molecule has 0 aliphatic carbocycles. The third-order valence-corrected chi connectivity index (χ3v) is 4.88. The van der Waals surface area contributed by atoms with Crippen LogP contribution in [-0.4, -0.2) is 37.7 Å². The molecule has 1 saturated heterocycles. The number of ether oxygens (including phenoxy) is 1. The summed E-state index contributed by atoms with van der Waals surface area (Å²) >= 11 is 0. The van der Waals surface area contributed by atoms with Gasteiger partial charge in [-0.25, -0.2) is 4.39 Å². The SMILES string of the molecule is Cc1cccc(C(CCOCC(F)(F)F)=C(F)B2OC(C)(C)C(C)(C)O2)c1. The van der Waals surface area contributed by atoms with E-state index < -0.39 is 36.8 Å². The van der Waals surface area contributed by atoms with Crippen molar-refractivity contribution >= 4 is 12.7 Å². The highest BCUT2D eigenvalue weighted by atomic mass is 19.4.